The van der Waals surface area contributed by atoms with E-state index in [1.54, 1.807) is 0 Å². The van der Waals surface area contributed by atoms with E-state index in [0.29, 0.717) is 0 Å². The molecule has 34 heavy (non-hydrogen) atoms. The minimum atomic E-state index is 0. The van der Waals surface area contributed by atoms with Crippen LogP contribution in [-0.2, 0) is 7.05 Å². The third kappa shape index (κ3) is 4.07. The molecule has 0 radical (unpaired) electrons. The second kappa shape index (κ2) is 8.92. The maximum Gasteiger partial charge on any atom is 0.214 e. The van der Waals surface area contributed by atoms with Gasteiger partial charge in [0.2, 0.25) is 11.0 Å². The Bertz CT molecular complexity index is 1680. The molecule has 2 aromatic heterocycles. The van der Waals surface area contributed by atoms with Crippen LogP contribution >= 0.6 is 0 Å². The molecule has 0 saturated carbocycles. The first-order chi connectivity index (χ1) is 15.9. The highest BCUT2D eigenvalue weighted by atomic mass is 35.5. The van der Waals surface area contributed by atoms with Crippen LogP contribution in [0, 0.1) is 0 Å². The lowest BCUT2D eigenvalue weighted by Crippen LogP contribution is -3.00. The van der Waals surface area contributed by atoms with E-state index in [2.05, 4.69) is 21.7 Å². The fourth-order valence-electron chi connectivity index (χ4n) is 4.20. The Morgan fingerprint density at radius 1 is 0.588 bits per heavy atom. The van der Waals surface area contributed by atoms with Gasteiger partial charge in [-0.2, -0.15) is 4.57 Å². The van der Waals surface area contributed by atoms with Crippen molar-refractivity contribution in [2.24, 2.45) is 7.05 Å². The van der Waals surface area contributed by atoms with Gasteiger partial charge in [-0.05, 0) is 60.7 Å². The number of hydrogen-bond donors (Lipinski definition) is 4. The largest absolute Gasteiger partial charge is 1.00 e. The highest BCUT2D eigenvalue weighted by Gasteiger charge is 2.12. The van der Waals surface area contributed by atoms with Crippen molar-refractivity contribution < 1.29 is 17.0 Å². The van der Waals surface area contributed by atoms with Gasteiger partial charge in [0.1, 0.15) is 7.05 Å². The Balaban J connectivity index is 0.000000157. The Morgan fingerprint density at radius 3 is 1.97 bits per heavy atom. The molecule has 0 saturated heterocycles. The van der Waals surface area contributed by atoms with Gasteiger partial charge in [0.15, 0.2) is 0 Å². The molecule has 8 N–H and O–H groups in total. The van der Waals surface area contributed by atoms with Crippen LogP contribution in [0.25, 0.3) is 43.6 Å². The fourth-order valence-corrected chi connectivity index (χ4v) is 4.20. The molecule has 0 unspecified atom stereocenters. The van der Waals surface area contributed by atoms with Crippen LogP contribution in [0.2, 0.25) is 0 Å². The zero-order valence-corrected chi connectivity index (χ0v) is 19.4. The smallest absolute Gasteiger partial charge is 0.214 e. The topological polar surface area (TPSA) is 121 Å². The normalized spacial score (nSPS) is 10.7. The van der Waals surface area contributed by atoms with Gasteiger partial charge in [0, 0.05) is 51.0 Å². The molecule has 170 valence electrons. The van der Waals surface area contributed by atoms with E-state index in [4.69, 9.17) is 22.9 Å². The van der Waals surface area contributed by atoms with Crippen LogP contribution < -0.4 is 39.9 Å². The van der Waals surface area contributed by atoms with Crippen LogP contribution in [0.5, 0.6) is 0 Å². The second-order valence-corrected chi connectivity index (χ2v) is 8.16. The molecule has 0 amide bonds. The molecule has 0 spiro atoms. The zero-order valence-electron chi connectivity index (χ0n) is 18.7. The Kier molecular flexibility index (Phi) is 6.01. The van der Waals surface area contributed by atoms with Crippen molar-refractivity contribution in [3.05, 3.63) is 84.9 Å². The highest BCUT2D eigenvalue weighted by Crippen LogP contribution is 2.25. The predicted molar refractivity (Wildman–Crippen MR) is 140 cm³/mol. The lowest BCUT2D eigenvalue weighted by atomic mass is 10.1. The first-order valence-corrected chi connectivity index (χ1v) is 10.6. The molecule has 6 aromatic rings. The number of hydrogen-bond acceptors (Lipinski definition) is 5. The van der Waals surface area contributed by atoms with Crippen molar-refractivity contribution in [3.63, 3.8) is 0 Å². The first kappa shape index (κ1) is 22.9. The molecule has 6 nitrogen and oxygen atoms in total. The van der Waals surface area contributed by atoms with Gasteiger partial charge in [-0.15, -0.1) is 0 Å². The van der Waals surface area contributed by atoms with Crippen molar-refractivity contribution >= 4 is 66.4 Å². The van der Waals surface area contributed by atoms with E-state index in [1.165, 1.54) is 0 Å². The minimum Gasteiger partial charge on any atom is -1.00 e. The summed E-state index contributed by atoms with van der Waals surface area (Å²) in [6.45, 7) is 0. The monoisotopic (exact) mass is 468 g/mol. The number of pyridine rings is 2. The summed E-state index contributed by atoms with van der Waals surface area (Å²) in [5, 5.41) is 4.16. The molecule has 6 rings (SSSR count). The summed E-state index contributed by atoms with van der Waals surface area (Å²) < 4.78 is 2.14. The third-order valence-electron chi connectivity index (χ3n) is 5.90. The van der Waals surface area contributed by atoms with Gasteiger partial charge in [-0.25, -0.2) is 4.98 Å². The van der Waals surface area contributed by atoms with Crippen molar-refractivity contribution in [2.75, 3.05) is 22.9 Å². The summed E-state index contributed by atoms with van der Waals surface area (Å²) in [5.74, 6) is 0. The number of halogens is 1. The third-order valence-corrected chi connectivity index (χ3v) is 5.90. The lowest BCUT2D eigenvalue weighted by Gasteiger charge is -2.04. The van der Waals surface area contributed by atoms with Gasteiger partial charge in [-0.3, -0.25) is 0 Å². The number of anilines is 4. The van der Waals surface area contributed by atoms with E-state index >= 15 is 0 Å². The lowest BCUT2D eigenvalue weighted by molar-refractivity contribution is -0.617. The van der Waals surface area contributed by atoms with E-state index in [0.717, 1.165) is 66.4 Å². The summed E-state index contributed by atoms with van der Waals surface area (Å²) in [7, 11) is 2.04. The molecule has 0 aliphatic carbocycles. The second-order valence-electron chi connectivity index (χ2n) is 8.16. The summed E-state index contributed by atoms with van der Waals surface area (Å²) in [5.41, 5.74) is 30.7. The van der Waals surface area contributed by atoms with E-state index < -0.39 is 0 Å². The van der Waals surface area contributed by atoms with Crippen molar-refractivity contribution in [1.82, 2.24) is 4.98 Å². The summed E-state index contributed by atoms with van der Waals surface area (Å²) in [6.07, 6.45) is 0. The summed E-state index contributed by atoms with van der Waals surface area (Å²) >= 11 is 0. The van der Waals surface area contributed by atoms with Crippen LogP contribution in [0.1, 0.15) is 0 Å². The number of fused-ring (bicyclic) bond motifs is 4. The van der Waals surface area contributed by atoms with Crippen LogP contribution in [0.4, 0.5) is 22.7 Å². The van der Waals surface area contributed by atoms with Gasteiger partial charge in [-0.1, -0.05) is 12.1 Å². The van der Waals surface area contributed by atoms with E-state index in [-0.39, 0.29) is 12.4 Å². The van der Waals surface area contributed by atoms with Crippen LogP contribution in [0.3, 0.4) is 0 Å². The summed E-state index contributed by atoms with van der Waals surface area (Å²) in [4.78, 5) is 4.54. The number of benzene rings is 4. The molecule has 0 atom stereocenters. The average Bonchev–Trinajstić information content (AvgIpc) is 2.79. The number of nitrogens with zero attached hydrogens (tertiary/aromatic N) is 2. The van der Waals surface area contributed by atoms with Gasteiger partial charge in [0.25, 0.3) is 0 Å². The molecular weight excluding hydrogens is 444 g/mol. The average molecular weight is 469 g/mol. The van der Waals surface area contributed by atoms with Crippen LogP contribution in [-0.4, -0.2) is 4.98 Å². The van der Waals surface area contributed by atoms with Gasteiger partial charge >= 0.3 is 0 Å². The molecule has 0 fully saturated rings. The molecule has 0 bridgehead atoms. The maximum absolute atomic E-state index is 6.01. The standard InChI is InChI=1S/C14H13N3.C13H11N3.ClH/c1-17-13-6-5-10(15)7-9(13)8-11-12(16)3-2-4-14(11)17;14-9-4-5-12-8(6-9)7-10-11(15)2-1-3-13(10)16-12;/h2-8,16H,15H2,1H3;1-7H,14-15H2;1H. The zero-order chi connectivity index (χ0) is 23.1. The van der Waals surface area contributed by atoms with Crippen molar-refractivity contribution in [2.45, 2.75) is 0 Å². The highest BCUT2D eigenvalue weighted by molar-refractivity contribution is 5.99. The molecule has 4 aromatic carbocycles. The number of nitrogens with two attached hydrogens (primary N) is 4. The maximum atomic E-state index is 6.01. The van der Waals surface area contributed by atoms with E-state index in [9.17, 15) is 0 Å². The fraction of sp³-hybridized carbons (Fsp3) is 0.0370. The Hall–Kier alpha value is -4.29. The van der Waals surface area contributed by atoms with Crippen molar-refractivity contribution in [3.8, 4) is 0 Å². The van der Waals surface area contributed by atoms with E-state index in [1.807, 2.05) is 79.8 Å². The molecule has 0 aliphatic rings. The number of nitrogen functional groups attached to an aromatic ring is 4. The molecule has 7 heteroatoms. The SMILES string of the molecule is C[n+]1c2ccc(N)cc2cc2c(N)cccc21.Nc1ccc2nc3cccc(N)c3cc2c1.[Cl-]. The van der Waals surface area contributed by atoms with Gasteiger partial charge < -0.3 is 35.3 Å². The summed E-state index contributed by atoms with van der Waals surface area (Å²) in [6, 6.07) is 27.4. The Morgan fingerprint density at radius 2 is 1.21 bits per heavy atom. The first-order valence-electron chi connectivity index (χ1n) is 10.6. The molecule has 2 heterocycles. The number of aromatic nitrogens is 2. The minimum absolute atomic E-state index is 0. The quantitative estimate of drug-likeness (QED) is 0.153. The molecular formula is C27H25ClN6. The predicted octanol–water partition coefficient (Wildman–Crippen LogP) is 1.54. The Labute approximate surface area is 203 Å². The van der Waals surface area contributed by atoms with Crippen LogP contribution in [0.15, 0.2) is 84.9 Å². The van der Waals surface area contributed by atoms with Gasteiger partial charge in [0.05, 0.1) is 16.4 Å². The molecule has 0 aliphatic heterocycles. The number of rotatable bonds is 0. The van der Waals surface area contributed by atoms with Crippen molar-refractivity contribution in [1.29, 1.82) is 0 Å². The number of aryl methyl sites for hydroxylation is 1.